The lowest BCUT2D eigenvalue weighted by Gasteiger charge is -2.53. The van der Waals surface area contributed by atoms with Gasteiger partial charge in [-0.15, -0.1) is 0 Å². The molecule has 0 spiro atoms. The number of rotatable bonds is 5. The molecule has 0 radical (unpaired) electrons. The van der Waals surface area contributed by atoms with Gasteiger partial charge in [0.15, 0.2) is 0 Å². The fourth-order valence-corrected chi connectivity index (χ4v) is 4.99. The van der Waals surface area contributed by atoms with E-state index in [0.717, 1.165) is 49.5 Å². The van der Waals surface area contributed by atoms with Crippen LogP contribution in [0, 0.1) is 11.8 Å². The van der Waals surface area contributed by atoms with Gasteiger partial charge in [-0.3, -0.25) is 4.90 Å². The summed E-state index contributed by atoms with van der Waals surface area (Å²) in [6.07, 6.45) is 3.38. The van der Waals surface area contributed by atoms with Crippen LogP contribution in [0.3, 0.4) is 0 Å². The number of methoxy groups -OCH3 is 2. The molecule has 2 aromatic rings. The largest absolute Gasteiger partial charge is 0.497 e. The van der Waals surface area contributed by atoms with E-state index in [-0.39, 0.29) is 11.8 Å². The Morgan fingerprint density at radius 3 is 1.93 bits per heavy atom. The Morgan fingerprint density at radius 2 is 1.41 bits per heavy atom. The summed E-state index contributed by atoms with van der Waals surface area (Å²) < 4.78 is 10.5. The second-order valence-electron chi connectivity index (χ2n) is 7.92. The number of likely N-dealkylation sites (tertiary alicyclic amines) is 1. The molecule has 1 aliphatic heterocycles. The first kappa shape index (κ1) is 18.3. The second-order valence-corrected chi connectivity index (χ2v) is 7.92. The number of fused-ring (bicyclic) bond motifs is 2. The Hall–Kier alpha value is -2.04. The second kappa shape index (κ2) is 7.53. The van der Waals surface area contributed by atoms with E-state index < -0.39 is 5.60 Å². The Kier molecular flexibility index (Phi) is 5.11. The first-order chi connectivity index (χ1) is 13.1. The topological polar surface area (TPSA) is 41.9 Å². The summed E-state index contributed by atoms with van der Waals surface area (Å²) in [6.45, 7) is 2.80. The zero-order valence-electron chi connectivity index (χ0n) is 16.2. The van der Waals surface area contributed by atoms with E-state index in [4.69, 9.17) is 9.47 Å². The van der Waals surface area contributed by atoms with Crippen LogP contribution >= 0.6 is 0 Å². The SMILES string of the molecule is COc1ccc(CN2C[C@@H]3CCC[C@@H](C2)C3(O)c2ccc(OC)cc2)cc1. The Morgan fingerprint density at radius 1 is 0.889 bits per heavy atom. The Bertz CT molecular complexity index is 742. The van der Waals surface area contributed by atoms with Crippen molar-refractivity contribution < 1.29 is 14.6 Å². The van der Waals surface area contributed by atoms with Crippen molar-refractivity contribution in [2.75, 3.05) is 27.3 Å². The highest BCUT2D eigenvalue weighted by atomic mass is 16.5. The molecule has 0 unspecified atom stereocenters. The summed E-state index contributed by atoms with van der Waals surface area (Å²) in [5.41, 5.74) is 1.62. The molecular weight excluding hydrogens is 338 g/mol. The van der Waals surface area contributed by atoms with Gasteiger partial charge in [0.25, 0.3) is 0 Å². The highest BCUT2D eigenvalue weighted by Gasteiger charge is 2.51. The predicted octanol–water partition coefficient (Wildman–Crippen LogP) is 3.82. The van der Waals surface area contributed by atoms with Crippen molar-refractivity contribution in [3.05, 3.63) is 59.7 Å². The van der Waals surface area contributed by atoms with E-state index in [1.807, 2.05) is 36.4 Å². The molecule has 2 bridgehead atoms. The van der Waals surface area contributed by atoms with Crippen LogP contribution in [0.25, 0.3) is 0 Å². The van der Waals surface area contributed by atoms with E-state index in [2.05, 4.69) is 17.0 Å². The van der Waals surface area contributed by atoms with Crippen LogP contribution in [0.4, 0.5) is 0 Å². The molecule has 1 saturated carbocycles. The number of hydrogen-bond acceptors (Lipinski definition) is 4. The van der Waals surface area contributed by atoms with Crippen molar-refractivity contribution >= 4 is 0 Å². The van der Waals surface area contributed by atoms with Crippen LogP contribution < -0.4 is 9.47 Å². The Balaban J connectivity index is 1.52. The molecule has 144 valence electrons. The number of piperidine rings is 1. The quantitative estimate of drug-likeness (QED) is 0.872. The third-order valence-electron chi connectivity index (χ3n) is 6.42. The van der Waals surface area contributed by atoms with E-state index >= 15 is 0 Å². The third-order valence-corrected chi connectivity index (χ3v) is 6.42. The summed E-state index contributed by atoms with van der Waals surface area (Å²) >= 11 is 0. The molecule has 2 fully saturated rings. The molecule has 4 heteroatoms. The lowest BCUT2D eigenvalue weighted by Crippen LogP contribution is -2.57. The smallest absolute Gasteiger partial charge is 0.118 e. The lowest BCUT2D eigenvalue weighted by molar-refractivity contribution is -0.148. The van der Waals surface area contributed by atoms with Crippen molar-refractivity contribution in [1.29, 1.82) is 0 Å². The highest BCUT2D eigenvalue weighted by Crippen LogP contribution is 2.49. The Labute approximate surface area is 161 Å². The maximum Gasteiger partial charge on any atom is 0.118 e. The van der Waals surface area contributed by atoms with Gasteiger partial charge in [-0.2, -0.15) is 0 Å². The first-order valence-corrected chi connectivity index (χ1v) is 9.85. The van der Waals surface area contributed by atoms with Crippen LogP contribution in [0.5, 0.6) is 11.5 Å². The maximum atomic E-state index is 11.8. The summed E-state index contributed by atoms with van der Waals surface area (Å²) in [7, 11) is 3.37. The molecule has 4 rings (SSSR count). The van der Waals surface area contributed by atoms with E-state index in [0.29, 0.717) is 0 Å². The molecule has 4 nitrogen and oxygen atoms in total. The molecule has 2 atom stereocenters. The minimum atomic E-state index is -0.721. The summed E-state index contributed by atoms with van der Waals surface area (Å²) in [6, 6.07) is 16.3. The van der Waals surface area contributed by atoms with Crippen LogP contribution in [0.2, 0.25) is 0 Å². The first-order valence-electron chi connectivity index (χ1n) is 9.85. The summed E-state index contributed by atoms with van der Waals surface area (Å²) in [5.74, 6) is 2.28. The fraction of sp³-hybridized carbons (Fsp3) is 0.478. The number of ether oxygens (including phenoxy) is 2. The number of hydrogen-bond donors (Lipinski definition) is 1. The fourth-order valence-electron chi connectivity index (χ4n) is 4.99. The summed E-state index contributed by atoms with van der Waals surface area (Å²) in [4.78, 5) is 2.51. The average molecular weight is 367 g/mol. The van der Waals surface area contributed by atoms with Gasteiger partial charge in [-0.25, -0.2) is 0 Å². The van der Waals surface area contributed by atoms with Crippen molar-refractivity contribution in [3.8, 4) is 11.5 Å². The van der Waals surface area contributed by atoms with Gasteiger partial charge in [0.2, 0.25) is 0 Å². The average Bonchev–Trinajstić information content (AvgIpc) is 2.69. The predicted molar refractivity (Wildman–Crippen MR) is 106 cm³/mol. The zero-order valence-corrected chi connectivity index (χ0v) is 16.2. The van der Waals surface area contributed by atoms with E-state index in [9.17, 15) is 5.11 Å². The molecule has 0 aromatic heterocycles. The van der Waals surface area contributed by atoms with Crippen LogP contribution in [0.1, 0.15) is 30.4 Å². The minimum Gasteiger partial charge on any atom is -0.497 e. The third kappa shape index (κ3) is 3.44. The molecule has 1 heterocycles. The van der Waals surface area contributed by atoms with Gasteiger partial charge < -0.3 is 14.6 Å². The lowest BCUT2D eigenvalue weighted by atomic mass is 9.62. The minimum absolute atomic E-state index is 0.275. The van der Waals surface area contributed by atoms with Crippen molar-refractivity contribution in [3.63, 3.8) is 0 Å². The van der Waals surface area contributed by atoms with E-state index in [1.54, 1.807) is 14.2 Å². The van der Waals surface area contributed by atoms with Crippen molar-refractivity contribution in [2.24, 2.45) is 11.8 Å². The van der Waals surface area contributed by atoms with Gasteiger partial charge >= 0.3 is 0 Å². The molecule has 1 saturated heterocycles. The van der Waals surface area contributed by atoms with Crippen LogP contribution in [0.15, 0.2) is 48.5 Å². The van der Waals surface area contributed by atoms with E-state index in [1.165, 1.54) is 12.0 Å². The maximum absolute atomic E-state index is 11.8. The van der Waals surface area contributed by atoms with Gasteiger partial charge in [-0.1, -0.05) is 30.7 Å². The molecule has 27 heavy (non-hydrogen) atoms. The van der Waals surface area contributed by atoms with Crippen molar-refractivity contribution in [1.82, 2.24) is 4.90 Å². The number of aliphatic hydroxyl groups is 1. The van der Waals surface area contributed by atoms with Gasteiger partial charge in [-0.05, 0) is 48.2 Å². The molecule has 0 amide bonds. The monoisotopic (exact) mass is 367 g/mol. The molecule has 2 aliphatic rings. The van der Waals surface area contributed by atoms with Gasteiger partial charge in [0.1, 0.15) is 11.5 Å². The van der Waals surface area contributed by atoms with Gasteiger partial charge in [0.05, 0.1) is 19.8 Å². The van der Waals surface area contributed by atoms with Crippen LogP contribution in [-0.4, -0.2) is 37.3 Å². The standard InChI is InChI=1S/C23H29NO3/c1-26-21-10-6-17(7-11-21)14-24-15-19-4-3-5-20(16-24)23(19,25)18-8-12-22(27-2)13-9-18/h6-13,19-20,25H,3-5,14-16H2,1-2H3/t19-,20-/m0/s1. The normalized spacial score (nSPS) is 28.0. The highest BCUT2D eigenvalue weighted by molar-refractivity contribution is 5.33. The van der Waals surface area contributed by atoms with Crippen molar-refractivity contribution in [2.45, 2.75) is 31.4 Å². The van der Waals surface area contributed by atoms with Gasteiger partial charge in [0, 0.05) is 31.5 Å². The molecular formula is C23H29NO3. The number of benzene rings is 2. The summed E-state index contributed by atoms with van der Waals surface area (Å²) in [5, 5.41) is 11.8. The zero-order chi connectivity index (χ0) is 18.9. The molecule has 1 N–H and O–H groups in total. The van der Waals surface area contributed by atoms with Crippen LogP contribution in [-0.2, 0) is 12.1 Å². The molecule has 1 aliphatic carbocycles. The number of nitrogens with zero attached hydrogens (tertiary/aromatic N) is 1. The molecule has 2 aromatic carbocycles.